The van der Waals surface area contributed by atoms with E-state index >= 15 is 0 Å². The lowest BCUT2D eigenvalue weighted by Crippen LogP contribution is -2.16. The zero-order valence-corrected chi connectivity index (χ0v) is 11.4. The van der Waals surface area contributed by atoms with Crippen molar-refractivity contribution in [1.29, 1.82) is 0 Å². The molecule has 0 aliphatic heterocycles. The van der Waals surface area contributed by atoms with Gasteiger partial charge in [-0.25, -0.2) is 8.78 Å². The lowest BCUT2D eigenvalue weighted by molar-refractivity contribution is 0.619. The van der Waals surface area contributed by atoms with Gasteiger partial charge in [0.25, 0.3) is 0 Å². The highest BCUT2D eigenvalue weighted by molar-refractivity contribution is 6.31. The van der Waals surface area contributed by atoms with Crippen molar-refractivity contribution in [3.8, 4) is 0 Å². The molecule has 1 atom stereocenters. The van der Waals surface area contributed by atoms with Crippen molar-refractivity contribution in [1.82, 2.24) is 0 Å². The van der Waals surface area contributed by atoms with E-state index in [0.29, 0.717) is 5.56 Å². The number of aryl methyl sites for hydroxylation is 2. The molecular formula is C15H14ClF2N. The minimum atomic E-state index is -0.580. The Bertz CT molecular complexity index is 603. The van der Waals surface area contributed by atoms with Gasteiger partial charge in [-0.1, -0.05) is 23.7 Å². The first kappa shape index (κ1) is 14.0. The molecule has 100 valence electrons. The van der Waals surface area contributed by atoms with Crippen LogP contribution in [0.3, 0.4) is 0 Å². The Labute approximate surface area is 116 Å². The summed E-state index contributed by atoms with van der Waals surface area (Å²) in [7, 11) is 0. The normalized spacial score (nSPS) is 12.5. The summed E-state index contributed by atoms with van der Waals surface area (Å²) in [6, 6.07) is 6.76. The Kier molecular flexibility index (Phi) is 3.88. The van der Waals surface area contributed by atoms with Crippen LogP contribution < -0.4 is 5.73 Å². The molecule has 0 radical (unpaired) electrons. The maximum atomic E-state index is 13.5. The highest BCUT2D eigenvalue weighted by Crippen LogP contribution is 2.32. The van der Waals surface area contributed by atoms with Gasteiger partial charge >= 0.3 is 0 Å². The van der Waals surface area contributed by atoms with Gasteiger partial charge in [0.15, 0.2) is 0 Å². The number of benzene rings is 2. The molecule has 0 spiro atoms. The van der Waals surface area contributed by atoms with Crippen LogP contribution in [0.1, 0.15) is 28.3 Å². The summed E-state index contributed by atoms with van der Waals surface area (Å²) >= 11 is 5.94. The maximum Gasteiger partial charge on any atom is 0.142 e. The van der Waals surface area contributed by atoms with E-state index in [1.807, 2.05) is 0 Å². The van der Waals surface area contributed by atoms with Gasteiger partial charge in [0.05, 0.1) is 11.1 Å². The van der Waals surface area contributed by atoms with E-state index in [2.05, 4.69) is 0 Å². The third-order valence-corrected chi connectivity index (χ3v) is 3.58. The molecule has 0 amide bonds. The number of halogens is 3. The summed E-state index contributed by atoms with van der Waals surface area (Å²) in [5.41, 5.74) is 8.89. The van der Waals surface area contributed by atoms with Crippen molar-refractivity contribution in [2.24, 2.45) is 5.73 Å². The molecule has 1 nitrogen and oxygen atoms in total. The van der Waals surface area contributed by atoms with E-state index in [-0.39, 0.29) is 10.8 Å². The molecule has 0 aliphatic rings. The number of rotatable bonds is 2. The highest BCUT2D eigenvalue weighted by Gasteiger charge is 2.19. The summed E-state index contributed by atoms with van der Waals surface area (Å²) in [6.07, 6.45) is 0. The first-order valence-corrected chi connectivity index (χ1v) is 6.25. The third-order valence-electron chi connectivity index (χ3n) is 3.19. The Morgan fingerprint density at radius 1 is 1.11 bits per heavy atom. The first-order chi connectivity index (χ1) is 8.91. The van der Waals surface area contributed by atoms with Crippen molar-refractivity contribution in [2.45, 2.75) is 19.9 Å². The minimum absolute atomic E-state index is 0.0122. The van der Waals surface area contributed by atoms with Crippen LogP contribution in [0.2, 0.25) is 5.02 Å². The van der Waals surface area contributed by atoms with Crippen LogP contribution in [-0.4, -0.2) is 0 Å². The average molecular weight is 282 g/mol. The predicted octanol–water partition coefficient (Wildman–Crippen LogP) is 4.28. The molecule has 4 heteroatoms. The van der Waals surface area contributed by atoms with Crippen LogP contribution in [0, 0.1) is 25.5 Å². The molecule has 0 bridgehead atoms. The van der Waals surface area contributed by atoms with Crippen molar-refractivity contribution in [3.63, 3.8) is 0 Å². The fourth-order valence-corrected chi connectivity index (χ4v) is 2.57. The zero-order chi connectivity index (χ0) is 14.2. The molecule has 0 saturated carbocycles. The monoisotopic (exact) mass is 281 g/mol. The van der Waals surface area contributed by atoms with E-state index < -0.39 is 11.9 Å². The molecule has 2 aromatic rings. The first-order valence-electron chi connectivity index (χ1n) is 5.88. The van der Waals surface area contributed by atoms with Crippen LogP contribution in [0.4, 0.5) is 8.78 Å². The van der Waals surface area contributed by atoms with Gasteiger partial charge in [-0.05, 0) is 54.3 Å². The van der Waals surface area contributed by atoms with Gasteiger partial charge in [-0.15, -0.1) is 0 Å². The van der Waals surface area contributed by atoms with E-state index in [4.69, 9.17) is 17.3 Å². The Morgan fingerprint density at radius 3 is 2.26 bits per heavy atom. The van der Waals surface area contributed by atoms with Crippen molar-refractivity contribution in [3.05, 3.63) is 69.2 Å². The minimum Gasteiger partial charge on any atom is -0.320 e. The summed E-state index contributed by atoms with van der Waals surface area (Å²) in [5.74, 6) is -0.816. The van der Waals surface area contributed by atoms with E-state index in [1.165, 1.54) is 18.2 Å². The van der Waals surface area contributed by atoms with Gasteiger partial charge in [-0.2, -0.15) is 0 Å². The smallest absolute Gasteiger partial charge is 0.142 e. The van der Waals surface area contributed by atoms with Crippen molar-refractivity contribution >= 4 is 11.6 Å². The van der Waals surface area contributed by atoms with E-state index in [9.17, 15) is 8.78 Å². The van der Waals surface area contributed by atoms with Gasteiger partial charge < -0.3 is 5.73 Å². The van der Waals surface area contributed by atoms with Gasteiger partial charge in [0, 0.05) is 0 Å². The lowest BCUT2D eigenvalue weighted by Gasteiger charge is -2.19. The molecule has 2 aromatic carbocycles. The quantitative estimate of drug-likeness (QED) is 0.873. The summed E-state index contributed by atoms with van der Waals surface area (Å²) in [5, 5.41) is 0.0122. The fraction of sp³-hybridized carbons (Fsp3) is 0.200. The standard InChI is InChI=1S/C15H14ClF2N/c1-8-6-10(17)7-9(2)13(8)15(19)11-4-3-5-12(18)14(11)16/h3-7,15H,19H2,1-2H3. The Balaban J connectivity index is 2.56. The summed E-state index contributed by atoms with van der Waals surface area (Å²) < 4.78 is 26.8. The number of hydrogen-bond acceptors (Lipinski definition) is 1. The molecule has 2 rings (SSSR count). The summed E-state index contributed by atoms with van der Waals surface area (Å²) in [4.78, 5) is 0. The van der Waals surface area contributed by atoms with Gasteiger partial charge in [0.2, 0.25) is 0 Å². The molecule has 2 N–H and O–H groups in total. The van der Waals surface area contributed by atoms with E-state index in [1.54, 1.807) is 26.0 Å². The molecule has 0 saturated heterocycles. The Hall–Kier alpha value is -1.45. The van der Waals surface area contributed by atoms with Crippen molar-refractivity contribution < 1.29 is 8.78 Å². The van der Waals surface area contributed by atoms with Crippen molar-refractivity contribution in [2.75, 3.05) is 0 Å². The fourth-order valence-electron chi connectivity index (χ4n) is 2.33. The number of hydrogen-bond donors (Lipinski definition) is 1. The van der Waals surface area contributed by atoms with Gasteiger partial charge in [0.1, 0.15) is 11.6 Å². The van der Waals surface area contributed by atoms with E-state index in [0.717, 1.165) is 16.7 Å². The molecule has 0 heterocycles. The third kappa shape index (κ3) is 2.62. The zero-order valence-electron chi connectivity index (χ0n) is 10.7. The average Bonchev–Trinajstić information content (AvgIpc) is 2.31. The molecule has 0 aliphatic carbocycles. The molecular weight excluding hydrogens is 268 g/mol. The van der Waals surface area contributed by atoms with Crippen LogP contribution in [0.5, 0.6) is 0 Å². The summed E-state index contributed by atoms with van der Waals surface area (Å²) in [6.45, 7) is 3.55. The predicted molar refractivity (Wildman–Crippen MR) is 73.3 cm³/mol. The van der Waals surface area contributed by atoms with Crippen LogP contribution >= 0.6 is 11.6 Å². The molecule has 1 unspecified atom stereocenters. The maximum absolute atomic E-state index is 13.5. The van der Waals surface area contributed by atoms with Gasteiger partial charge in [-0.3, -0.25) is 0 Å². The van der Waals surface area contributed by atoms with Crippen LogP contribution in [0.15, 0.2) is 30.3 Å². The molecule has 0 fully saturated rings. The second-order valence-electron chi connectivity index (χ2n) is 4.57. The highest BCUT2D eigenvalue weighted by atomic mass is 35.5. The largest absolute Gasteiger partial charge is 0.320 e. The second kappa shape index (κ2) is 5.27. The van der Waals surface area contributed by atoms with Crippen LogP contribution in [0.25, 0.3) is 0 Å². The topological polar surface area (TPSA) is 26.0 Å². The molecule has 19 heavy (non-hydrogen) atoms. The molecule has 0 aromatic heterocycles. The lowest BCUT2D eigenvalue weighted by atomic mass is 9.92. The second-order valence-corrected chi connectivity index (χ2v) is 4.95. The SMILES string of the molecule is Cc1cc(F)cc(C)c1C(N)c1cccc(F)c1Cl. The van der Waals surface area contributed by atoms with Crippen LogP contribution in [-0.2, 0) is 0 Å². The number of nitrogens with two attached hydrogens (primary N) is 1. The Morgan fingerprint density at radius 2 is 1.68 bits per heavy atom.